The van der Waals surface area contributed by atoms with E-state index in [0.717, 1.165) is 23.2 Å². The molecule has 6 nitrogen and oxygen atoms in total. The van der Waals surface area contributed by atoms with Crippen molar-refractivity contribution >= 4 is 23.2 Å². The molecular formula is C22H26N2O4. The predicted octanol–water partition coefficient (Wildman–Crippen LogP) is 3.57. The maximum absolute atomic E-state index is 12.8. The van der Waals surface area contributed by atoms with Crippen LogP contribution in [-0.4, -0.2) is 32.6 Å². The molecule has 0 bridgehead atoms. The lowest BCUT2D eigenvalue weighted by Crippen LogP contribution is -2.28. The van der Waals surface area contributed by atoms with Crippen molar-refractivity contribution in [3.8, 4) is 11.5 Å². The molecule has 1 saturated heterocycles. The van der Waals surface area contributed by atoms with E-state index in [4.69, 9.17) is 9.47 Å². The van der Waals surface area contributed by atoms with Gasteiger partial charge in [0.1, 0.15) is 0 Å². The number of para-hydroxylation sites is 1. The summed E-state index contributed by atoms with van der Waals surface area (Å²) in [6.07, 6.45) is 1.02. The van der Waals surface area contributed by atoms with E-state index < -0.39 is 5.92 Å². The molecule has 1 aliphatic heterocycles. The number of nitrogens with one attached hydrogen (secondary N) is 1. The standard InChI is InChI=1S/C22H26N2O4/c1-5-15-8-6-7-14(2)21(15)23-22(26)16-11-20(25)24(13-16)17-9-10-18(27-3)19(12-17)28-4/h6-10,12,16H,5,11,13H2,1-4H3,(H,23,26). The van der Waals surface area contributed by atoms with Crippen LogP contribution in [0, 0.1) is 12.8 Å². The molecule has 2 aromatic carbocycles. The average molecular weight is 382 g/mol. The summed E-state index contributed by atoms with van der Waals surface area (Å²) in [6.45, 7) is 4.38. The minimum atomic E-state index is -0.398. The number of hydrogen-bond donors (Lipinski definition) is 1. The maximum Gasteiger partial charge on any atom is 0.229 e. The van der Waals surface area contributed by atoms with Crippen LogP contribution < -0.4 is 19.7 Å². The van der Waals surface area contributed by atoms with E-state index >= 15 is 0 Å². The van der Waals surface area contributed by atoms with Gasteiger partial charge >= 0.3 is 0 Å². The average Bonchev–Trinajstić information content (AvgIpc) is 3.10. The van der Waals surface area contributed by atoms with Gasteiger partial charge in [-0.3, -0.25) is 9.59 Å². The summed E-state index contributed by atoms with van der Waals surface area (Å²) in [5.41, 5.74) is 3.67. The first-order valence-electron chi connectivity index (χ1n) is 9.40. The summed E-state index contributed by atoms with van der Waals surface area (Å²) >= 11 is 0. The molecule has 1 heterocycles. The number of amides is 2. The lowest BCUT2D eigenvalue weighted by Gasteiger charge is -2.19. The minimum absolute atomic E-state index is 0.0760. The Morgan fingerprint density at radius 2 is 1.93 bits per heavy atom. The molecule has 0 saturated carbocycles. The van der Waals surface area contributed by atoms with E-state index in [1.54, 1.807) is 37.3 Å². The zero-order chi connectivity index (χ0) is 20.3. The lowest BCUT2D eigenvalue weighted by molar-refractivity contribution is -0.122. The monoisotopic (exact) mass is 382 g/mol. The molecule has 28 heavy (non-hydrogen) atoms. The van der Waals surface area contributed by atoms with Crippen LogP contribution in [0.4, 0.5) is 11.4 Å². The Morgan fingerprint density at radius 1 is 1.18 bits per heavy atom. The van der Waals surface area contributed by atoms with Crippen LogP contribution in [-0.2, 0) is 16.0 Å². The first kappa shape index (κ1) is 19.7. The second-order valence-electron chi connectivity index (χ2n) is 6.90. The molecule has 0 spiro atoms. The van der Waals surface area contributed by atoms with Gasteiger partial charge in [0, 0.05) is 30.4 Å². The van der Waals surface area contributed by atoms with Crippen molar-refractivity contribution in [3.63, 3.8) is 0 Å². The number of carbonyl (C=O) groups excluding carboxylic acids is 2. The van der Waals surface area contributed by atoms with Gasteiger partial charge in [0.15, 0.2) is 11.5 Å². The molecule has 1 fully saturated rings. The molecule has 0 radical (unpaired) electrons. The number of anilines is 2. The second-order valence-corrected chi connectivity index (χ2v) is 6.90. The number of methoxy groups -OCH3 is 2. The number of ether oxygens (including phenoxy) is 2. The van der Waals surface area contributed by atoms with Gasteiger partial charge in [-0.2, -0.15) is 0 Å². The highest BCUT2D eigenvalue weighted by Gasteiger charge is 2.35. The number of hydrogen-bond acceptors (Lipinski definition) is 4. The third-order valence-corrected chi connectivity index (χ3v) is 5.16. The second kappa shape index (κ2) is 8.33. The largest absolute Gasteiger partial charge is 0.493 e. The quantitative estimate of drug-likeness (QED) is 0.829. The van der Waals surface area contributed by atoms with Crippen molar-refractivity contribution in [3.05, 3.63) is 47.5 Å². The van der Waals surface area contributed by atoms with Crippen LogP contribution in [0.25, 0.3) is 0 Å². The number of nitrogens with zero attached hydrogens (tertiary/aromatic N) is 1. The van der Waals surface area contributed by atoms with Crippen molar-refractivity contribution < 1.29 is 19.1 Å². The summed E-state index contributed by atoms with van der Waals surface area (Å²) in [4.78, 5) is 27.0. The van der Waals surface area contributed by atoms with Crippen molar-refractivity contribution in [1.82, 2.24) is 0 Å². The topological polar surface area (TPSA) is 67.9 Å². The molecule has 1 atom stereocenters. The summed E-state index contributed by atoms with van der Waals surface area (Å²) in [6, 6.07) is 11.3. The molecule has 148 valence electrons. The van der Waals surface area contributed by atoms with Crippen molar-refractivity contribution in [1.29, 1.82) is 0 Å². The van der Waals surface area contributed by atoms with E-state index in [1.165, 1.54) is 0 Å². The number of rotatable bonds is 6. The van der Waals surface area contributed by atoms with E-state index in [1.807, 2.05) is 25.1 Å². The minimum Gasteiger partial charge on any atom is -0.493 e. The number of benzene rings is 2. The molecule has 2 aromatic rings. The van der Waals surface area contributed by atoms with Gasteiger partial charge < -0.3 is 19.7 Å². The van der Waals surface area contributed by atoms with Crippen LogP contribution in [0.2, 0.25) is 0 Å². The summed E-state index contributed by atoms with van der Waals surface area (Å²) in [5, 5.41) is 3.04. The Balaban J connectivity index is 1.77. The summed E-state index contributed by atoms with van der Waals surface area (Å²) in [7, 11) is 3.12. The van der Waals surface area contributed by atoms with Gasteiger partial charge in [-0.1, -0.05) is 25.1 Å². The number of aryl methyl sites for hydroxylation is 2. The van der Waals surface area contributed by atoms with Gasteiger partial charge in [0.25, 0.3) is 0 Å². The SMILES string of the molecule is CCc1cccc(C)c1NC(=O)C1CC(=O)N(c2ccc(OC)c(OC)c2)C1. The molecular weight excluding hydrogens is 356 g/mol. The van der Waals surface area contributed by atoms with E-state index in [0.29, 0.717) is 23.7 Å². The molecule has 2 amide bonds. The van der Waals surface area contributed by atoms with Crippen molar-refractivity contribution in [2.24, 2.45) is 5.92 Å². The fraction of sp³-hybridized carbons (Fsp3) is 0.364. The predicted molar refractivity (Wildman–Crippen MR) is 109 cm³/mol. The smallest absolute Gasteiger partial charge is 0.229 e. The van der Waals surface area contributed by atoms with Crippen molar-refractivity contribution in [2.75, 3.05) is 31.0 Å². The maximum atomic E-state index is 12.8. The van der Waals surface area contributed by atoms with Gasteiger partial charge in [0.05, 0.1) is 20.1 Å². The molecule has 0 aromatic heterocycles. The van der Waals surface area contributed by atoms with Crippen LogP contribution in [0.1, 0.15) is 24.5 Å². The number of carbonyl (C=O) groups is 2. The van der Waals surface area contributed by atoms with Gasteiger partial charge in [-0.15, -0.1) is 0 Å². The van der Waals surface area contributed by atoms with E-state index in [-0.39, 0.29) is 18.2 Å². The van der Waals surface area contributed by atoms with Gasteiger partial charge in [-0.25, -0.2) is 0 Å². The molecule has 0 aliphatic carbocycles. The van der Waals surface area contributed by atoms with Crippen molar-refractivity contribution in [2.45, 2.75) is 26.7 Å². The zero-order valence-electron chi connectivity index (χ0n) is 16.7. The summed E-state index contributed by atoms with van der Waals surface area (Å²) < 4.78 is 10.6. The summed E-state index contributed by atoms with van der Waals surface area (Å²) in [5.74, 6) is 0.546. The first-order chi connectivity index (χ1) is 13.5. The lowest BCUT2D eigenvalue weighted by atomic mass is 10.0. The molecule has 1 unspecified atom stereocenters. The highest BCUT2D eigenvalue weighted by Crippen LogP contribution is 2.34. The Kier molecular flexibility index (Phi) is 5.87. The highest BCUT2D eigenvalue weighted by atomic mass is 16.5. The Morgan fingerprint density at radius 3 is 2.61 bits per heavy atom. The normalized spacial score (nSPS) is 16.2. The third-order valence-electron chi connectivity index (χ3n) is 5.16. The van der Waals surface area contributed by atoms with E-state index in [2.05, 4.69) is 12.2 Å². The highest BCUT2D eigenvalue weighted by molar-refractivity contribution is 6.04. The van der Waals surface area contributed by atoms with Crippen LogP contribution >= 0.6 is 0 Å². The van der Waals surface area contributed by atoms with Crippen LogP contribution in [0.5, 0.6) is 11.5 Å². The molecule has 1 N–H and O–H groups in total. The van der Waals surface area contributed by atoms with Gasteiger partial charge in [-0.05, 0) is 36.6 Å². The Labute approximate surface area is 165 Å². The molecule has 6 heteroatoms. The zero-order valence-corrected chi connectivity index (χ0v) is 16.7. The Hall–Kier alpha value is -3.02. The third kappa shape index (κ3) is 3.81. The van der Waals surface area contributed by atoms with Gasteiger partial charge in [0.2, 0.25) is 11.8 Å². The Bertz CT molecular complexity index is 894. The fourth-order valence-corrected chi connectivity index (χ4v) is 3.55. The van der Waals surface area contributed by atoms with Crippen LogP contribution in [0.3, 0.4) is 0 Å². The van der Waals surface area contributed by atoms with Crippen LogP contribution in [0.15, 0.2) is 36.4 Å². The van der Waals surface area contributed by atoms with E-state index in [9.17, 15) is 9.59 Å². The molecule has 3 rings (SSSR count). The first-order valence-corrected chi connectivity index (χ1v) is 9.40. The fourth-order valence-electron chi connectivity index (χ4n) is 3.55. The molecule has 1 aliphatic rings.